The summed E-state index contributed by atoms with van der Waals surface area (Å²) in [7, 11) is -6.81. The van der Waals surface area contributed by atoms with E-state index in [9.17, 15) is 4.79 Å². The predicted octanol–water partition coefficient (Wildman–Crippen LogP) is 14.0. The number of carbonyl (C=O) groups is 1. The van der Waals surface area contributed by atoms with E-state index in [2.05, 4.69) is 126 Å². The average molecular weight is 792 g/mol. The summed E-state index contributed by atoms with van der Waals surface area (Å²) in [5.41, 5.74) is 0.946. The molecule has 0 fully saturated rings. The van der Waals surface area contributed by atoms with Crippen molar-refractivity contribution in [3.63, 3.8) is 0 Å². The lowest BCUT2D eigenvalue weighted by atomic mass is 10.0. The monoisotopic (exact) mass is 792 g/mol. The van der Waals surface area contributed by atoms with Gasteiger partial charge < -0.3 is 23.3 Å². The van der Waals surface area contributed by atoms with E-state index in [1.54, 1.807) is 0 Å². The standard InChI is InChI=1S/C44H85NO5Si3/c1-17-18-19-20-21-22-23-24-25-26-27-31-34-39(49-52(13,14)43(5,6)7)40(50-53(15,16)44(8,9)10)38(36-48-51(11,12)42(2,3)4)45-41(46)47-35-37-32-29-28-30-33-37/h27-33,38-40H,17-26,34-36H2,1-16H3,(H,45,46)/b31-27+/t38-,39+,40-/m0/s1. The number of nitrogens with one attached hydrogen (secondary N) is 1. The summed E-state index contributed by atoms with van der Waals surface area (Å²) >= 11 is 0. The summed E-state index contributed by atoms with van der Waals surface area (Å²) in [6.07, 6.45) is 17.2. The van der Waals surface area contributed by atoms with Gasteiger partial charge in [-0.2, -0.15) is 0 Å². The highest BCUT2D eigenvalue weighted by Crippen LogP contribution is 2.42. The van der Waals surface area contributed by atoms with Crippen molar-refractivity contribution in [3.05, 3.63) is 48.0 Å². The summed E-state index contributed by atoms with van der Waals surface area (Å²) in [5, 5.41) is 3.25. The van der Waals surface area contributed by atoms with Crippen LogP contribution in [0.5, 0.6) is 0 Å². The van der Waals surface area contributed by atoms with Gasteiger partial charge in [0.15, 0.2) is 25.0 Å². The maximum Gasteiger partial charge on any atom is 0.407 e. The normalized spacial score (nSPS) is 15.4. The third-order valence-corrected chi connectivity index (χ3v) is 25.7. The van der Waals surface area contributed by atoms with Crippen LogP contribution in [0.3, 0.4) is 0 Å². The minimum atomic E-state index is -2.36. The van der Waals surface area contributed by atoms with Crippen LogP contribution in [0.4, 0.5) is 4.79 Å². The number of hydrogen-bond acceptors (Lipinski definition) is 5. The molecule has 1 N–H and O–H groups in total. The first-order chi connectivity index (χ1) is 24.3. The highest BCUT2D eigenvalue weighted by molar-refractivity contribution is 6.75. The van der Waals surface area contributed by atoms with Crippen LogP contribution in [0.15, 0.2) is 42.5 Å². The number of hydrogen-bond donors (Lipinski definition) is 1. The molecule has 1 aromatic carbocycles. The molecule has 0 aromatic heterocycles. The smallest absolute Gasteiger partial charge is 0.407 e. The van der Waals surface area contributed by atoms with Gasteiger partial charge in [-0.05, 0) is 79.2 Å². The SMILES string of the molecule is CCCCCCCCCCC/C=C/C[C@@H](O[Si](C)(C)C(C)(C)C)[C@@H](O[Si](C)(C)C(C)(C)C)[C@H](CO[Si](C)(C)C(C)(C)C)NC(=O)OCc1ccccc1. The molecule has 3 atom stereocenters. The van der Waals surface area contributed by atoms with Gasteiger partial charge in [0.2, 0.25) is 0 Å². The van der Waals surface area contributed by atoms with Crippen molar-refractivity contribution >= 4 is 31.0 Å². The van der Waals surface area contributed by atoms with Crippen molar-refractivity contribution in [3.8, 4) is 0 Å². The van der Waals surface area contributed by atoms with Gasteiger partial charge in [-0.3, -0.25) is 0 Å². The number of carbonyl (C=O) groups excluding carboxylic acids is 1. The van der Waals surface area contributed by atoms with E-state index in [0.29, 0.717) is 13.0 Å². The zero-order chi connectivity index (χ0) is 40.6. The van der Waals surface area contributed by atoms with Gasteiger partial charge in [-0.25, -0.2) is 4.79 Å². The first-order valence-corrected chi connectivity index (χ1v) is 29.7. The topological polar surface area (TPSA) is 66.0 Å². The molecule has 0 aliphatic heterocycles. The second-order valence-electron chi connectivity index (χ2n) is 20.0. The second-order valence-corrected chi connectivity index (χ2v) is 34.3. The Kier molecular flexibility index (Phi) is 21.1. The van der Waals surface area contributed by atoms with Gasteiger partial charge in [-0.1, -0.05) is 163 Å². The van der Waals surface area contributed by atoms with E-state index in [1.165, 1.54) is 57.8 Å². The minimum Gasteiger partial charge on any atom is -0.445 e. The molecule has 0 aliphatic carbocycles. The summed E-state index contributed by atoms with van der Waals surface area (Å²) in [4.78, 5) is 13.7. The Balaban J connectivity index is 3.50. The van der Waals surface area contributed by atoms with Crippen LogP contribution in [0, 0.1) is 0 Å². The second kappa shape index (κ2) is 22.5. The molecule has 308 valence electrons. The van der Waals surface area contributed by atoms with Crippen LogP contribution in [-0.4, -0.2) is 55.9 Å². The van der Waals surface area contributed by atoms with Crippen molar-refractivity contribution in [2.45, 2.75) is 219 Å². The Hall–Kier alpha value is -1.24. The van der Waals surface area contributed by atoms with Crippen LogP contribution in [0.2, 0.25) is 54.4 Å². The zero-order valence-electron chi connectivity index (χ0n) is 37.5. The fraction of sp³-hybridized carbons (Fsp3) is 0.795. The molecule has 1 aromatic rings. The van der Waals surface area contributed by atoms with Crippen molar-refractivity contribution in [1.82, 2.24) is 5.32 Å². The Morgan fingerprint density at radius 3 is 1.68 bits per heavy atom. The van der Waals surface area contributed by atoms with Crippen molar-refractivity contribution in [2.75, 3.05) is 6.61 Å². The van der Waals surface area contributed by atoms with Crippen LogP contribution in [0.25, 0.3) is 0 Å². The van der Waals surface area contributed by atoms with E-state index in [1.807, 2.05) is 30.3 Å². The molecule has 0 unspecified atom stereocenters. The maximum absolute atomic E-state index is 13.7. The highest BCUT2D eigenvalue weighted by atomic mass is 28.4. The number of ether oxygens (including phenoxy) is 1. The number of allylic oxidation sites excluding steroid dienone is 1. The van der Waals surface area contributed by atoms with Gasteiger partial charge >= 0.3 is 6.09 Å². The summed E-state index contributed by atoms with van der Waals surface area (Å²) in [6.45, 7) is 37.0. The fourth-order valence-electron chi connectivity index (χ4n) is 5.31. The molecule has 9 heteroatoms. The van der Waals surface area contributed by atoms with E-state index in [-0.39, 0.29) is 27.8 Å². The predicted molar refractivity (Wildman–Crippen MR) is 236 cm³/mol. The molecular formula is C44H85NO5Si3. The lowest BCUT2D eigenvalue weighted by Crippen LogP contribution is -2.60. The number of rotatable bonds is 24. The van der Waals surface area contributed by atoms with E-state index in [0.717, 1.165) is 12.0 Å². The molecule has 1 amide bonds. The van der Waals surface area contributed by atoms with Gasteiger partial charge in [0, 0.05) is 0 Å². The first kappa shape index (κ1) is 49.8. The van der Waals surface area contributed by atoms with Crippen molar-refractivity contribution in [1.29, 1.82) is 0 Å². The number of alkyl carbamates (subject to hydrolysis) is 1. The lowest BCUT2D eigenvalue weighted by Gasteiger charge is -2.47. The molecule has 0 heterocycles. The van der Waals surface area contributed by atoms with Gasteiger partial charge in [0.1, 0.15) is 6.61 Å². The Bertz CT molecular complexity index is 1180. The Morgan fingerprint density at radius 2 is 1.17 bits per heavy atom. The van der Waals surface area contributed by atoms with Gasteiger partial charge in [0.05, 0.1) is 24.9 Å². The molecule has 0 radical (unpaired) electrons. The highest BCUT2D eigenvalue weighted by Gasteiger charge is 2.48. The largest absolute Gasteiger partial charge is 0.445 e. The third-order valence-electron chi connectivity index (χ3n) is 12.2. The molecular weight excluding hydrogens is 707 g/mol. The Labute approximate surface area is 331 Å². The lowest BCUT2D eigenvalue weighted by molar-refractivity contribution is 0.000377. The van der Waals surface area contributed by atoms with E-state index >= 15 is 0 Å². The summed E-state index contributed by atoms with van der Waals surface area (Å²) < 4.78 is 27.5. The number of benzene rings is 1. The van der Waals surface area contributed by atoms with E-state index < -0.39 is 43.2 Å². The average Bonchev–Trinajstić information content (AvgIpc) is 3.03. The molecule has 0 saturated heterocycles. The van der Waals surface area contributed by atoms with Crippen molar-refractivity contribution in [2.24, 2.45) is 0 Å². The molecule has 0 saturated carbocycles. The minimum absolute atomic E-state index is 0.00219. The molecule has 0 aliphatic rings. The first-order valence-electron chi connectivity index (χ1n) is 21.0. The van der Waals surface area contributed by atoms with Crippen LogP contribution < -0.4 is 5.32 Å². The summed E-state index contributed by atoms with van der Waals surface area (Å²) in [5.74, 6) is 0. The Morgan fingerprint density at radius 1 is 0.679 bits per heavy atom. The number of amides is 1. The molecule has 1 rings (SSSR count). The fourth-order valence-corrected chi connectivity index (χ4v) is 9.03. The molecule has 6 nitrogen and oxygen atoms in total. The zero-order valence-corrected chi connectivity index (χ0v) is 40.5. The van der Waals surface area contributed by atoms with Crippen LogP contribution >= 0.6 is 0 Å². The third kappa shape index (κ3) is 18.5. The van der Waals surface area contributed by atoms with Crippen molar-refractivity contribution < 1.29 is 22.8 Å². The molecule has 0 bridgehead atoms. The number of unbranched alkanes of at least 4 members (excludes halogenated alkanes) is 9. The van der Waals surface area contributed by atoms with Gasteiger partial charge in [0.25, 0.3) is 0 Å². The van der Waals surface area contributed by atoms with E-state index in [4.69, 9.17) is 18.0 Å². The maximum atomic E-state index is 13.7. The molecule has 0 spiro atoms. The van der Waals surface area contributed by atoms with Crippen LogP contribution in [-0.2, 0) is 24.6 Å². The van der Waals surface area contributed by atoms with Crippen LogP contribution in [0.1, 0.15) is 145 Å². The summed E-state index contributed by atoms with van der Waals surface area (Å²) in [6, 6.07) is 9.36. The molecule has 53 heavy (non-hydrogen) atoms. The quantitative estimate of drug-likeness (QED) is 0.0642. The van der Waals surface area contributed by atoms with Gasteiger partial charge in [-0.15, -0.1) is 0 Å².